The molecule has 2 rings (SSSR count). The molecule has 0 radical (unpaired) electrons. The average Bonchev–Trinajstić information content (AvgIpc) is 2.75. The molecule has 0 aromatic heterocycles. The molecule has 4 nitrogen and oxygen atoms in total. The van der Waals surface area contributed by atoms with Crippen LogP contribution in [0.3, 0.4) is 0 Å². The number of aryl methyl sites for hydroxylation is 1. The molecule has 1 saturated carbocycles. The van der Waals surface area contributed by atoms with Crippen molar-refractivity contribution >= 4 is 17.3 Å². The molecule has 1 aliphatic rings. The third-order valence-corrected chi connectivity index (χ3v) is 3.34. The first kappa shape index (κ1) is 11.8. The molecular weight excluding hydrogens is 216 g/mol. The van der Waals surface area contributed by atoms with Crippen LogP contribution in [0.4, 0.5) is 11.4 Å². The molecule has 0 spiro atoms. The van der Waals surface area contributed by atoms with Crippen LogP contribution in [-0.2, 0) is 0 Å². The highest BCUT2D eigenvalue weighted by molar-refractivity contribution is 5.95. The van der Waals surface area contributed by atoms with Crippen molar-refractivity contribution in [2.45, 2.75) is 38.6 Å². The fraction of sp³-hybridized carbons (Fsp3) is 0.462. The van der Waals surface area contributed by atoms with Gasteiger partial charge in [-0.2, -0.15) is 0 Å². The van der Waals surface area contributed by atoms with E-state index in [0.29, 0.717) is 11.7 Å². The van der Waals surface area contributed by atoms with E-state index in [2.05, 4.69) is 5.32 Å². The Morgan fingerprint density at radius 1 is 1.41 bits per heavy atom. The summed E-state index contributed by atoms with van der Waals surface area (Å²) in [7, 11) is 0. The summed E-state index contributed by atoms with van der Waals surface area (Å²) in [6.45, 7) is 1.83. The Morgan fingerprint density at radius 3 is 2.65 bits per heavy atom. The SMILES string of the molecule is Cc1cc(NC2CCCC2)cc(C(=O)O)c1N. The van der Waals surface area contributed by atoms with Gasteiger partial charge in [0.2, 0.25) is 0 Å². The van der Waals surface area contributed by atoms with Gasteiger partial charge in [0.1, 0.15) is 0 Å². The molecule has 4 heteroatoms. The largest absolute Gasteiger partial charge is 0.478 e. The molecule has 0 unspecified atom stereocenters. The molecule has 0 amide bonds. The van der Waals surface area contributed by atoms with Gasteiger partial charge in [-0.05, 0) is 37.5 Å². The van der Waals surface area contributed by atoms with E-state index in [1.165, 1.54) is 12.8 Å². The highest BCUT2D eigenvalue weighted by atomic mass is 16.4. The molecule has 1 fully saturated rings. The summed E-state index contributed by atoms with van der Waals surface area (Å²) in [6.07, 6.45) is 4.81. The third kappa shape index (κ3) is 2.52. The summed E-state index contributed by atoms with van der Waals surface area (Å²) in [5, 5.41) is 12.5. The number of anilines is 2. The Bertz CT molecular complexity index is 437. The maximum Gasteiger partial charge on any atom is 0.337 e. The van der Waals surface area contributed by atoms with E-state index in [1.807, 2.05) is 13.0 Å². The van der Waals surface area contributed by atoms with E-state index in [1.54, 1.807) is 6.07 Å². The van der Waals surface area contributed by atoms with Crippen molar-refractivity contribution in [2.75, 3.05) is 11.1 Å². The number of benzene rings is 1. The normalized spacial score (nSPS) is 16.1. The predicted octanol–water partition coefficient (Wildman–Crippen LogP) is 2.63. The summed E-state index contributed by atoms with van der Waals surface area (Å²) in [4.78, 5) is 11.1. The Balaban J connectivity index is 2.25. The van der Waals surface area contributed by atoms with Gasteiger partial charge in [0.25, 0.3) is 0 Å². The van der Waals surface area contributed by atoms with Crippen LogP contribution in [0.5, 0.6) is 0 Å². The maximum absolute atomic E-state index is 11.1. The fourth-order valence-corrected chi connectivity index (χ4v) is 2.36. The number of carboxylic acid groups (broad SMARTS) is 1. The molecule has 0 aliphatic heterocycles. The van der Waals surface area contributed by atoms with Crippen molar-refractivity contribution in [3.8, 4) is 0 Å². The van der Waals surface area contributed by atoms with Gasteiger partial charge < -0.3 is 16.2 Å². The van der Waals surface area contributed by atoms with Crippen LogP contribution in [0, 0.1) is 6.92 Å². The number of aromatic carboxylic acids is 1. The minimum atomic E-state index is -0.972. The highest BCUT2D eigenvalue weighted by Crippen LogP contribution is 2.26. The minimum Gasteiger partial charge on any atom is -0.478 e. The van der Waals surface area contributed by atoms with Crippen LogP contribution >= 0.6 is 0 Å². The highest BCUT2D eigenvalue weighted by Gasteiger charge is 2.17. The molecule has 0 heterocycles. The molecule has 1 aromatic rings. The molecule has 0 saturated heterocycles. The van der Waals surface area contributed by atoms with Gasteiger partial charge >= 0.3 is 5.97 Å². The molecule has 1 aromatic carbocycles. The zero-order chi connectivity index (χ0) is 12.4. The lowest BCUT2D eigenvalue weighted by Crippen LogP contribution is -2.15. The molecule has 4 N–H and O–H groups in total. The summed E-state index contributed by atoms with van der Waals surface area (Å²) in [5.74, 6) is -0.972. The van der Waals surface area contributed by atoms with E-state index in [-0.39, 0.29) is 5.56 Å². The van der Waals surface area contributed by atoms with Crippen molar-refractivity contribution in [1.29, 1.82) is 0 Å². The standard InChI is InChI=1S/C13H18N2O2/c1-8-6-10(15-9-4-2-3-5-9)7-11(12(8)14)13(16)17/h6-7,9,15H,2-5,14H2,1H3,(H,16,17). The topological polar surface area (TPSA) is 75.3 Å². The van der Waals surface area contributed by atoms with E-state index in [0.717, 1.165) is 24.1 Å². The number of nitrogen functional groups attached to an aromatic ring is 1. The van der Waals surface area contributed by atoms with Crippen LogP contribution in [-0.4, -0.2) is 17.1 Å². The van der Waals surface area contributed by atoms with E-state index >= 15 is 0 Å². The molecule has 0 bridgehead atoms. The number of carbonyl (C=O) groups is 1. The maximum atomic E-state index is 11.1. The summed E-state index contributed by atoms with van der Waals surface area (Å²) >= 11 is 0. The van der Waals surface area contributed by atoms with Crippen molar-refractivity contribution in [2.24, 2.45) is 0 Å². The Kier molecular flexibility index (Phi) is 3.22. The number of carboxylic acids is 1. The van der Waals surface area contributed by atoms with Gasteiger partial charge in [0, 0.05) is 17.4 Å². The van der Waals surface area contributed by atoms with E-state index in [4.69, 9.17) is 10.8 Å². The Hall–Kier alpha value is -1.71. The molecule has 0 atom stereocenters. The quantitative estimate of drug-likeness (QED) is 0.703. The van der Waals surface area contributed by atoms with Crippen LogP contribution in [0.15, 0.2) is 12.1 Å². The number of hydrogen-bond acceptors (Lipinski definition) is 3. The van der Waals surface area contributed by atoms with Crippen LogP contribution < -0.4 is 11.1 Å². The van der Waals surface area contributed by atoms with Gasteiger partial charge in [-0.25, -0.2) is 4.79 Å². The number of nitrogens with two attached hydrogens (primary N) is 1. The smallest absolute Gasteiger partial charge is 0.337 e. The second kappa shape index (κ2) is 4.65. The summed E-state index contributed by atoms with van der Waals surface area (Å²) in [5.41, 5.74) is 7.97. The lowest BCUT2D eigenvalue weighted by Gasteiger charge is -2.16. The number of nitrogens with one attached hydrogen (secondary N) is 1. The summed E-state index contributed by atoms with van der Waals surface area (Å²) < 4.78 is 0. The minimum absolute atomic E-state index is 0.186. The molecule has 92 valence electrons. The second-order valence-electron chi connectivity index (χ2n) is 4.69. The van der Waals surface area contributed by atoms with Gasteiger partial charge in [-0.15, -0.1) is 0 Å². The van der Waals surface area contributed by atoms with Gasteiger partial charge in [-0.3, -0.25) is 0 Å². The van der Waals surface area contributed by atoms with Gasteiger partial charge in [0.05, 0.1) is 5.56 Å². The molecule has 17 heavy (non-hydrogen) atoms. The number of rotatable bonds is 3. The van der Waals surface area contributed by atoms with Crippen LogP contribution in [0.1, 0.15) is 41.6 Å². The van der Waals surface area contributed by atoms with Crippen molar-refractivity contribution in [3.63, 3.8) is 0 Å². The van der Waals surface area contributed by atoms with Crippen LogP contribution in [0.25, 0.3) is 0 Å². The zero-order valence-corrected chi connectivity index (χ0v) is 9.99. The third-order valence-electron chi connectivity index (χ3n) is 3.34. The van der Waals surface area contributed by atoms with E-state index in [9.17, 15) is 4.79 Å². The predicted molar refractivity (Wildman–Crippen MR) is 68.4 cm³/mol. The zero-order valence-electron chi connectivity index (χ0n) is 9.99. The van der Waals surface area contributed by atoms with Crippen molar-refractivity contribution in [1.82, 2.24) is 0 Å². The van der Waals surface area contributed by atoms with Crippen molar-refractivity contribution in [3.05, 3.63) is 23.3 Å². The first-order valence-corrected chi connectivity index (χ1v) is 5.98. The van der Waals surface area contributed by atoms with Crippen LogP contribution in [0.2, 0.25) is 0 Å². The Morgan fingerprint density at radius 2 is 2.06 bits per heavy atom. The van der Waals surface area contributed by atoms with E-state index < -0.39 is 5.97 Å². The lowest BCUT2D eigenvalue weighted by atomic mass is 10.1. The van der Waals surface area contributed by atoms with Gasteiger partial charge in [0.15, 0.2) is 0 Å². The second-order valence-corrected chi connectivity index (χ2v) is 4.69. The first-order chi connectivity index (χ1) is 8.08. The first-order valence-electron chi connectivity index (χ1n) is 5.98. The monoisotopic (exact) mass is 234 g/mol. The van der Waals surface area contributed by atoms with Gasteiger partial charge in [-0.1, -0.05) is 12.8 Å². The Labute approximate surface area is 101 Å². The summed E-state index contributed by atoms with van der Waals surface area (Å²) in [6, 6.07) is 4.02. The molecular formula is C13H18N2O2. The average molecular weight is 234 g/mol. The number of hydrogen-bond donors (Lipinski definition) is 3. The molecule has 1 aliphatic carbocycles. The van der Waals surface area contributed by atoms with Crippen molar-refractivity contribution < 1.29 is 9.90 Å². The fourth-order valence-electron chi connectivity index (χ4n) is 2.36. The lowest BCUT2D eigenvalue weighted by molar-refractivity contribution is 0.0698.